The second kappa shape index (κ2) is 4.70. The summed E-state index contributed by atoms with van der Waals surface area (Å²) in [5.41, 5.74) is 0.984. The highest BCUT2D eigenvalue weighted by Gasteiger charge is 2.29. The summed E-state index contributed by atoms with van der Waals surface area (Å²) in [5, 5.41) is 0. The zero-order chi connectivity index (χ0) is 12.4. The van der Waals surface area contributed by atoms with Crippen LogP contribution in [0, 0.1) is 5.82 Å². The first-order chi connectivity index (χ1) is 8.13. The molecule has 1 saturated carbocycles. The van der Waals surface area contributed by atoms with Gasteiger partial charge < -0.3 is 4.90 Å². The standard InChI is InChI=1S/C14H16FNO/c1-3-8-16(12-5-6-12)14-7-4-11(10(2)17)9-13(14)15/h3-4,7,9,12H,1,5-6,8H2,2H3. The fourth-order valence-corrected chi connectivity index (χ4v) is 1.93. The molecule has 1 aliphatic carbocycles. The van der Waals surface area contributed by atoms with E-state index in [9.17, 15) is 9.18 Å². The molecular weight excluding hydrogens is 217 g/mol. The Kier molecular flexibility index (Phi) is 3.27. The molecule has 2 rings (SSSR count). The van der Waals surface area contributed by atoms with Crippen LogP contribution in [-0.4, -0.2) is 18.4 Å². The van der Waals surface area contributed by atoms with Crippen LogP contribution in [0.2, 0.25) is 0 Å². The Bertz CT molecular complexity index is 452. The SMILES string of the molecule is C=CCN(c1ccc(C(C)=O)cc1F)C1CC1. The molecule has 0 aromatic heterocycles. The van der Waals surface area contributed by atoms with Crippen molar-refractivity contribution in [3.05, 3.63) is 42.2 Å². The van der Waals surface area contributed by atoms with Crippen LogP contribution in [0.1, 0.15) is 30.1 Å². The van der Waals surface area contributed by atoms with Crippen molar-refractivity contribution in [2.24, 2.45) is 0 Å². The van der Waals surface area contributed by atoms with Gasteiger partial charge in [-0.1, -0.05) is 6.08 Å². The van der Waals surface area contributed by atoms with E-state index in [1.165, 1.54) is 13.0 Å². The zero-order valence-corrected chi connectivity index (χ0v) is 9.95. The van der Waals surface area contributed by atoms with E-state index in [4.69, 9.17) is 0 Å². The Morgan fingerprint density at radius 3 is 2.76 bits per heavy atom. The van der Waals surface area contributed by atoms with Crippen molar-refractivity contribution in [3.8, 4) is 0 Å². The Balaban J connectivity index is 2.30. The topological polar surface area (TPSA) is 20.3 Å². The third kappa shape index (κ3) is 2.54. The maximum absolute atomic E-state index is 13.9. The van der Waals surface area contributed by atoms with Crippen LogP contribution < -0.4 is 4.90 Å². The number of halogens is 1. The Morgan fingerprint density at radius 2 is 2.29 bits per heavy atom. The van der Waals surface area contributed by atoms with Crippen molar-refractivity contribution in [2.75, 3.05) is 11.4 Å². The summed E-state index contributed by atoms with van der Waals surface area (Å²) in [7, 11) is 0. The highest BCUT2D eigenvalue weighted by molar-refractivity contribution is 5.94. The molecule has 0 aliphatic heterocycles. The first kappa shape index (κ1) is 11.8. The van der Waals surface area contributed by atoms with Crippen LogP contribution in [0.4, 0.5) is 10.1 Å². The maximum Gasteiger partial charge on any atom is 0.159 e. The highest BCUT2D eigenvalue weighted by atomic mass is 19.1. The first-order valence-corrected chi connectivity index (χ1v) is 5.81. The lowest BCUT2D eigenvalue weighted by Gasteiger charge is -2.23. The van der Waals surface area contributed by atoms with Crippen molar-refractivity contribution in [1.82, 2.24) is 0 Å². The highest BCUT2D eigenvalue weighted by Crippen LogP contribution is 2.33. The minimum Gasteiger partial charge on any atom is -0.362 e. The van der Waals surface area contributed by atoms with Crippen LogP contribution >= 0.6 is 0 Å². The zero-order valence-electron chi connectivity index (χ0n) is 9.95. The number of carbonyl (C=O) groups excluding carboxylic acids is 1. The van der Waals surface area contributed by atoms with Crippen molar-refractivity contribution < 1.29 is 9.18 Å². The minimum atomic E-state index is -0.327. The van der Waals surface area contributed by atoms with Crippen molar-refractivity contribution in [3.63, 3.8) is 0 Å². The quantitative estimate of drug-likeness (QED) is 0.575. The van der Waals surface area contributed by atoms with Gasteiger partial charge in [-0.15, -0.1) is 6.58 Å². The van der Waals surface area contributed by atoms with Gasteiger partial charge >= 0.3 is 0 Å². The molecule has 0 unspecified atom stereocenters. The van der Waals surface area contributed by atoms with Gasteiger partial charge in [0.05, 0.1) is 5.69 Å². The van der Waals surface area contributed by atoms with E-state index in [0.717, 1.165) is 12.8 Å². The second-order valence-electron chi connectivity index (χ2n) is 4.39. The average Bonchev–Trinajstić information content (AvgIpc) is 3.10. The van der Waals surface area contributed by atoms with Crippen LogP contribution in [0.25, 0.3) is 0 Å². The maximum atomic E-state index is 13.9. The Labute approximate surface area is 101 Å². The lowest BCUT2D eigenvalue weighted by molar-refractivity contribution is 0.101. The number of rotatable bonds is 5. The summed E-state index contributed by atoms with van der Waals surface area (Å²) in [5.74, 6) is -0.441. The number of Topliss-reactive ketones (excluding diaryl/α,β-unsaturated/α-hetero) is 1. The lowest BCUT2D eigenvalue weighted by atomic mass is 10.1. The molecule has 2 nitrogen and oxygen atoms in total. The average molecular weight is 233 g/mol. The van der Waals surface area contributed by atoms with E-state index in [2.05, 4.69) is 6.58 Å². The first-order valence-electron chi connectivity index (χ1n) is 5.81. The predicted octanol–water partition coefficient (Wildman–Crippen LogP) is 3.18. The molecule has 3 heteroatoms. The second-order valence-corrected chi connectivity index (χ2v) is 4.39. The molecule has 1 aromatic carbocycles. The van der Waals surface area contributed by atoms with Gasteiger partial charge in [-0.3, -0.25) is 4.79 Å². The molecule has 17 heavy (non-hydrogen) atoms. The molecule has 0 N–H and O–H groups in total. The Morgan fingerprint density at radius 1 is 1.59 bits per heavy atom. The largest absolute Gasteiger partial charge is 0.362 e. The minimum absolute atomic E-state index is 0.114. The van der Waals surface area contributed by atoms with Crippen LogP contribution in [-0.2, 0) is 0 Å². The summed E-state index contributed by atoms with van der Waals surface area (Å²) < 4.78 is 13.9. The fraction of sp³-hybridized carbons (Fsp3) is 0.357. The van der Waals surface area contributed by atoms with Gasteiger partial charge in [-0.2, -0.15) is 0 Å². The summed E-state index contributed by atoms with van der Waals surface area (Å²) in [6, 6.07) is 5.11. The fourth-order valence-electron chi connectivity index (χ4n) is 1.93. The van der Waals surface area contributed by atoms with E-state index in [1.54, 1.807) is 18.2 Å². The molecule has 1 aliphatic rings. The summed E-state index contributed by atoms with van der Waals surface area (Å²) in [4.78, 5) is 13.2. The van der Waals surface area contributed by atoms with Crippen molar-refractivity contribution >= 4 is 11.5 Å². The number of ketones is 1. The number of nitrogens with zero attached hydrogens (tertiary/aromatic N) is 1. The molecular formula is C14H16FNO. The number of benzene rings is 1. The van der Waals surface area contributed by atoms with Gasteiger partial charge in [-0.25, -0.2) is 4.39 Å². The summed E-state index contributed by atoms with van der Waals surface area (Å²) >= 11 is 0. The van der Waals surface area contributed by atoms with Gasteiger partial charge in [-0.05, 0) is 38.0 Å². The van der Waals surface area contributed by atoms with Crippen molar-refractivity contribution in [2.45, 2.75) is 25.8 Å². The van der Waals surface area contributed by atoms with Crippen LogP contribution in [0.5, 0.6) is 0 Å². The summed E-state index contributed by atoms with van der Waals surface area (Å²) in [6.45, 7) is 5.77. The Hall–Kier alpha value is -1.64. The van der Waals surface area contributed by atoms with E-state index < -0.39 is 0 Å². The smallest absolute Gasteiger partial charge is 0.159 e. The number of anilines is 1. The molecule has 1 fully saturated rings. The molecule has 0 saturated heterocycles. The van der Waals surface area contributed by atoms with E-state index >= 15 is 0 Å². The monoisotopic (exact) mass is 233 g/mol. The summed E-state index contributed by atoms with van der Waals surface area (Å²) in [6.07, 6.45) is 3.97. The molecule has 0 atom stereocenters. The number of carbonyl (C=O) groups is 1. The molecule has 0 radical (unpaired) electrons. The number of hydrogen-bond acceptors (Lipinski definition) is 2. The van der Waals surface area contributed by atoms with E-state index in [0.29, 0.717) is 23.8 Å². The van der Waals surface area contributed by atoms with E-state index in [1.807, 2.05) is 4.90 Å². The van der Waals surface area contributed by atoms with Crippen molar-refractivity contribution in [1.29, 1.82) is 0 Å². The molecule has 0 amide bonds. The molecule has 0 heterocycles. The predicted molar refractivity (Wildman–Crippen MR) is 67.0 cm³/mol. The molecule has 0 spiro atoms. The molecule has 90 valence electrons. The van der Waals surface area contributed by atoms with Gasteiger partial charge in [0.2, 0.25) is 0 Å². The van der Waals surface area contributed by atoms with E-state index in [-0.39, 0.29) is 11.6 Å². The van der Waals surface area contributed by atoms with Crippen LogP contribution in [0.15, 0.2) is 30.9 Å². The van der Waals surface area contributed by atoms with Gasteiger partial charge in [0, 0.05) is 18.2 Å². The third-order valence-electron chi connectivity index (χ3n) is 2.98. The normalized spacial score (nSPS) is 14.5. The van der Waals surface area contributed by atoms with Gasteiger partial charge in [0.15, 0.2) is 5.78 Å². The lowest BCUT2D eigenvalue weighted by Crippen LogP contribution is -2.26. The third-order valence-corrected chi connectivity index (χ3v) is 2.98. The van der Waals surface area contributed by atoms with Gasteiger partial charge in [0.1, 0.15) is 5.82 Å². The van der Waals surface area contributed by atoms with Gasteiger partial charge in [0.25, 0.3) is 0 Å². The van der Waals surface area contributed by atoms with Crippen LogP contribution in [0.3, 0.4) is 0 Å². The number of hydrogen-bond donors (Lipinski definition) is 0. The molecule has 1 aromatic rings. The molecule has 0 bridgehead atoms.